The summed E-state index contributed by atoms with van der Waals surface area (Å²) in [6.07, 6.45) is 4.60. The molecule has 2 aromatic heterocycles. The first-order valence-electron chi connectivity index (χ1n) is 7.96. The second-order valence-corrected chi connectivity index (χ2v) is 7.04. The minimum absolute atomic E-state index is 0.187. The third-order valence-electron chi connectivity index (χ3n) is 4.26. The molecule has 0 amide bonds. The highest BCUT2D eigenvalue weighted by Gasteiger charge is 2.28. The molecule has 2 aromatic rings. The number of carboxylic acid groups (broad SMARTS) is 1. The summed E-state index contributed by atoms with van der Waals surface area (Å²) in [6, 6.07) is 1.16. The average molecular weight is 364 g/mol. The zero-order chi connectivity index (χ0) is 18.0. The molecular formula is C17H17FN2O4S. The highest BCUT2D eigenvalue weighted by Crippen LogP contribution is 2.32. The molecule has 8 heteroatoms. The minimum Gasteiger partial charge on any atom is -0.487 e. The predicted molar refractivity (Wildman–Crippen MR) is 89.4 cm³/mol. The third kappa shape index (κ3) is 3.84. The van der Waals surface area contributed by atoms with Gasteiger partial charge in [0.15, 0.2) is 23.0 Å². The largest absolute Gasteiger partial charge is 0.487 e. The number of thiophene rings is 1. The van der Waals surface area contributed by atoms with E-state index in [-0.39, 0.29) is 23.4 Å². The van der Waals surface area contributed by atoms with Crippen molar-refractivity contribution in [1.82, 2.24) is 9.97 Å². The number of carbonyl (C=O) groups excluding carboxylic acids is 1. The van der Waals surface area contributed by atoms with Crippen molar-refractivity contribution >= 4 is 23.6 Å². The molecule has 0 saturated heterocycles. The normalized spacial score (nSPS) is 20.2. The molecule has 1 fully saturated rings. The van der Waals surface area contributed by atoms with Crippen molar-refractivity contribution < 1.29 is 23.8 Å². The Hall–Kier alpha value is -2.35. The quantitative estimate of drug-likeness (QED) is 0.817. The smallest absolute Gasteiger partial charge is 0.306 e. The van der Waals surface area contributed by atoms with E-state index in [0.717, 1.165) is 30.2 Å². The Morgan fingerprint density at radius 3 is 2.96 bits per heavy atom. The van der Waals surface area contributed by atoms with E-state index in [1.54, 1.807) is 6.92 Å². The number of carboxylic acids is 1. The molecule has 0 aromatic carbocycles. The van der Waals surface area contributed by atoms with Gasteiger partial charge in [-0.15, -0.1) is 11.3 Å². The van der Waals surface area contributed by atoms with Crippen LogP contribution in [-0.2, 0) is 4.79 Å². The topological polar surface area (TPSA) is 89.4 Å². The fraction of sp³-hybridized carbons (Fsp3) is 0.412. The van der Waals surface area contributed by atoms with Crippen LogP contribution in [0.5, 0.6) is 5.75 Å². The molecule has 25 heavy (non-hydrogen) atoms. The maximum atomic E-state index is 13.4. The van der Waals surface area contributed by atoms with Gasteiger partial charge in [0.25, 0.3) is 0 Å². The zero-order valence-corrected chi connectivity index (χ0v) is 14.4. The standard InChI is InChI=1S/C17H17FN2O4S/c1-9-13(24-12-4-2-3-10(5-12)17(22)23)7-19-16(20-9)15-11(8-21)6-14(18)25-15/h6-8,10,12H,2-5H2,1H3,(H,22,23)/t10-,12-/m0/s1. The maximum absolute atomic E-state index is 13.4. The van der Waals surface area contributed by atoms with Crippen LogP contribution in [0.1, 0.15) is 41.7 Å². The molecule has 0 unspecified atom stereocenters. The van der Waals surface area contributed by atoms with Crippen molar-refractivity contribution in [2.24, 2.45) is 5.92 Å². The summed E-state index contributed by atoms with van der Waals surface area (Å²) < 4.78 is 19.3. The van der Waals surface area contributed by atoms with E-state index in [2.05, 4.69) is 9.97 Å². The SMILES string of the molecule is Cc1nc(-c2sc(F)cc2C=O)ncc1O[C@H]1CCC[C@H](C(=O)O)C1. The molecule has 3 rings (SSSR count). The Bertz CT molecular complexity index is 808. The van der Waals surface area contributed by atoms with Crippen molar-refractivity contribution in [3.63, 3.8) is 0 Å². The van der Waals surface area contributed by atoms with Crippen LogP contribution in [-0.4, -0.2) is 33.4 Å². The number of rotatable bonds is 5. The molecular weight excluding hydrogens is 347 g/mol. The monoisotopic (exact) mass is 364 g/mol. The van der Waals surface area contributed by atoms with E-state index in [1.807, 2.05) is 0 Å². The number of hydrogen-bond donors (Lipinski definition) is 1. The summed E-state index contributed by atoms with van der Waals surface area (Å²) in [6.45, 7) is 1.74. The van der Waals surface area contributed by atoms with Crippen LogP contribution in [0.3, 0.4) is 0 Å². The van der Waals surface area contributed by atoms with Crippen molar-refractivity contribution in [3.05, 3.63) is 28.7 Å². The lowest BCUT2D eigenvalue weighted by Crippen LogP contribution is -2.29. The molecule has 1 aliphatic carbocycles. The second kappa shape index (κ2) is 7.26. The van der Waals surface area contributed by atoms with Crippen molar-refractivity contribution in [3.8, 4) is 16.5 Å². The van der Waals surface area contributed by atoms with Gasteiger partial charge in [-0.05, 0) is 38.7 Å². The Labute approximate surface area is 147 Å². The Balaban J connectivity index is 1.78. The van der Waals surface area contributed by atoms with Gasteiger partial charge in [-0.25, -0.2) is 9.97 Å². The number of hydrogen-bond acceptors (Lipinski definition) is 6. The molecule has 0 spiro atoms. The summed E-state index contributed by atoms with van der Waals surface area (Å²) >= 11 is 0.817. The number of aryl methyl sites for hydroxylation is 1. The summed E-state index contributed by atoms with van der Waals surface area (Å²) in [5.41, 5.74) is 0.778. The van der Waals surface area contributed by atoms with Crippen molar-refractivity contribution in [1.29, 1.82) is 0 Å². The van der Waals surface area contributed by atoms with E-state index in [1.165, 1.54) is 6.20 Å². The highest BCUT2D eigenvalue weighted by atomic mass is 32.1. The van der Waals surface area contributed by atoms with E-state index in [4.69, 9.17) is 9.84 Å². The summed E-state index contributed by atoms with van der Waals surface area (Å²) in [5.74, 6) is -0.432. The summed E-state index contributed by atoms with van der Waals surface area (Å²) in [5, 5.41) is 8.68. The molecule has 0 aliphatic heterocycles. The molecule has 1 aliphatic rings. The van der Waals surface area contributed by atoms with E-state index in [9.17, 15) is 14.0 Å². The lowest BCUT2D eigenvalue weighted by Gasteiger charge is -2.27. The molecule has 0 radical (unpaired) electrons. The average Bonchev–Trinajstić information content (AvgIpc) is 2.98. The second-order valence-electron chi connectivity index (χ2n) is 6.04. The van der Waals surface area contributed by atoms with Gasteiger partial charge in [0, 0.05) is 5.56 Å². The van der Waals surface area contributed by atoms with Crippen LogP contribution in [0.25, 0.3) is 10.7 Å². The predicted octanol–water partition coefficient (Wildman–Crippen LogP) is 3.49. The molecule has 2 atom stereocenters. The first kappa shape index (κ1) is 17.5. The first-order valence-corrected chi connectivity index (χ1v) is 8.77. The van der Waals surface area contributed by atoms with Gasteiger partial charge in [0.1, 0.15) is 0 Å². The van der Waals surface area contributed by atoms with Gasteiger partial charge in [-0.3, -0.25) is 9.59 Å². The van der Waals surface area contributed by atoms with Crippen LogP contribution in [0, 0.1) is 18.0 Å². The van der Waals surface area contributed by atoms with Gasteiger partial charge in [-0.1, -0.05) is 0 Å². The van der Waals surface area contributed by atoms with E-state index >= 15 is 0 Å². The van der Waals surface area contributed by atoms with Gasteiger partial charge in [0.2, 0.25) is 0 Å². The summed E-state index contributed by atoms with van der Waals surface area (Å²) in [7, 11) is 0. The number of aldehydes is 1. The molecule has 6 nitrogen and oxygen atoms in total. The summed E-state index contributed by atoms with van der Waals surface area (Å²) in [4.78, 5) is 31.1. The fourth-order valence-electron chi connectivity index (χ4n) is 2.97. The van der Waals surface area contributed by atoms with Crippen molar-refractivity contribution in [2.45, 2.75) is 38.7 Å². The molecule has 0 bridgehead atoms. The van der Waals surface area contributed by atoms with Crippen LogP contribution in [0.4, 0.5) is 4.39 Å². The molecule has 1 saturated carbocycles. The van der Waals surface area contributed by atoms with Gasteiger partial charge in [-0.2, -0.15) is 4.39 Å². The number of carbonyl (C=O) groups is 2. The Morgan fingerprint density at radius 2 is 2.28 bits per heavy atom. The van der Waals surface area contributed by atoms with Crippen molar-refractivity contribution in [2.75, 3.05) is 0 Å². The molecule has 2 heterocycles. The van der Waals surface area contributed by atoms with Gasteiger partial charge >= 0.3 is 5.97 Å². The highest BCUT2D eigenvalue weighted by molar-refractivity contribution is 7.14. The fourth-order valence-corrected chi connectivity index (χ4v) is 3.77. The maximum Gasteiger partial charge on any atom is 0.306 e. The van der Waals surface area contributed by atoms with Gasteiger partial charge in [0.05, 0.1) is 28.8 Å². The van der Waals surface area contributed by atoms with E-state index in [0.29, 0.717) is 35.4 Å². The third-order valence-corrected chi connectivity index (χ3v) is 5.20. The number of aromatic nitrogens is 2. The first-order chi connectivity index (χ1) is 12.0. The molecule has 1 N–H and O–H groups in total. The Kier molecular flexibility index (Phi) is 5.08. The number of aliphatic carboxylic acids is 1. The lowest BCUT2D eigenvalue weighted by atomic mass is 9.87. The van der Waals surface area contributed by atoms with E-state index < -0.39 is 11.1 Å². The van der Waals surface area contributed by atoms with Gasteiger partial charge < -0.3 is 9.84 Å². The van der Waals surface area contributed by atoms with Crippen LogP contribution in [0.2, 0.25) is 0 Å². The minimum atomic E-state index is -0.794. The van der Waals surface area contributed by atoms with Crippen LogP contribution < -0.4 is 4.74 Å². The number of nitrogens with zero attached hydrogens (tertiary/aromatic N) is 2. The zero-order valence-electron chi connectivity index (χ0n) is 13.6. The van der Waals surface area contributed by atoms with Crippen LogP contribution >= 0.6 is 11.3 Å². The Morgan fingerprint density at radius 1 is 1.48 bits per heavy atom. The van der Waals surface area contributed by atoms with Crippen LogP contribution in [0.15, 0.2) is 12.3 Å². The molecule has 132 valence electrons. The lowest BCUT2D eigenvalue weighted by molar-refractivity contribution is -0.143. The number of halogens is 1. The number of ether oxygens (including phenoxy) is 1.